The Morgan fingerprint density at radius 3 is 2.89 bits per heavy atom. The van der Waals surface area contributed by atoms with Crippen molar-refractivity contribution in [3.05, 3.63) is 11.9 Å². The molecule has 100 valence electrons. The zero-order valence-electron chi connectivity index (χ0n) is 11.4. The van der Waals surface area contributed by atoms with Crippen molar-refractivity contribution in [2.45, 2.75) is 45.2 Å². The predicted octanol–water partition coefficient (Wildman–Crippen LogP) is 1.50. The van der Waals surface area contributed by atoms with Crippen molar-refractivity contribution in [3.63, 3.8) is 0 Å². The van der Waals surface area contributed by atoms with E-state index >= 15 is 0 Å². The van der Waals surface area contributed by atoms with E-state index in [1.807, 2.05) is 13.0 Å². The second kappa shape index (κ2) is 5.52. The molecule has 5 nitrogen and oxygen atoms in total. The highest BCUT2D eigenvalue weighted by Crippen LogP contribution is 2.29. The number of nitrogens with zero attached hydrogens (tertiary/aromatic N) is 3. The van der Waals surface area contributed by atoms with Crippen molar-refractivity contribution in [2.75, 3.05) is 18.6 Å². The van der Waals surface area contributed by atoms with E-state index in [-0.39, 0.29) is 0 Å². The van der Waals surface area contributed by atoms with E-state index in [1.54, 1.807) is 7.11 Å². The number of hydrogen-bond acceptors (Lipinski definition) is 5. The molecule has 1 fully saturated rings. The van der Waals surface area contributed by atoms with Crippen LogP contribution >= 0.6 is 0 Å². The minimum Gasteiger partial charge on any atom is -0.481 e. The summed E-state index contributed by atoms with van der Waals surface area (Å²) in [5.41, 5.74) is 5.89. The fourth-order valence-corrected chi connectivity index (χ4v) is 2.69. The molecule has 1 aliphatic rings. The third-order valence-corrected chi connectivity index (χ3v) is 3.57. The molecule has 0 bridgehead atoms. The quantitative estimate of drug-likeness (QED) is 0.880. The molecule has 2 atom stereocenters. The molecule has 18 heavy (non-hydrogen) atoms. The lowest BCUT2D eigenvalue weighted by atomic mass is 9.96. The molecule has 1 saturated heterocycles. The van der Waals surface area contributed by atoms with Crippen LogP contribution in [0.1, 0.15) is 32.0 Å². The number of ether oxygens (including phenoxy) is 1. The Bertz CT molecular complexity index is 410. The number of methoxy groups -OCH3 is 1. The van der Waals surface area contributed by atoms with E-state index in [4.69, 9.17) is 10.5 Å². The molecule has 5 heteroatoms. The van der Waals surface area contributed by atoms with Crippen LogP contribution in [0.5, 0.6) is 5.88 Å². The number of rotatable bonds is 3. The fourth-order valence-electron chi connectivity index (χ4n) is 2.69. The topological polar surface area (TPSA) is 64.3 Å². The second-order valence-electron chi connectivity index (χ2n) is 4.89. The summed E-state index contributed by atoms with van der Waals surface area (Å²) in [5.74, 6) is 2.28. The maximum atomic E-state index is 5.89. The van der Waals surface area contributed by atoms with Gasteiger partial charge in [-0.25, -0.2) is 4.98 Å². The smallest absolute Gasteiger partial charge is 0.218 e. The molecule has 0 spiro atoms. The van der Waals surface area contributed by atoms with Gasteiger partial charge in [-0.2, -0.15) is 4.98 Å². The highest BCUT2D eigenvalue weighted by Gasteiger charge is 2.28. The fraction of sp³-hybridized carbons (Fsp3) is 0.692. The van der Waals surface area contributed by atoms with Crippen molar-refractivity contribution in [1.82, 2.24) is 9.97 Å². The van der Waals surface area contributed by atoms with Crippen LogP contribution in [0.25, 0.3) is 0 Å². The van der Waals surface area contributed by atoms with Crippen molar-refractivity contribution >= 4 is 5.82 Å². The van der Waals surface area contributed by atoms with E-state index in [2.05, 4.69) is 21.8 Å². The molecule has 0 amide bonds. The first-order valence-electron chi connectivity index (χ1n) is 6.53. The van der Waals surface area contributed by atoms with Crippen molar-refractivity contribution in [3.8, 4) is 5.88 Å². The van der Waals surface area contributed by atoms with E-state index in [9.17, 15) is 0 Å². The lowest BCUT2D eigenvalue weighted by Gasteiger charge is -2.41. The standard InChI is InChI=1S/C13H22N4O/c1-9-5-4-6-11(8-14)17(9)12-7-13(18-3)16-10(2)15-12/h7,9,11H,4-6,8,14H2,1-3H3. The van der Waals surface area contributed by atoms with Crippen LogP contribution < -0.4 is 15.4 Å². The summed E-state index contributed by atoms with van der Waals surface area (Å²) in [5, 5.41) is 0. The van der Waals surface area contributed by atoms with Crippen LogP contribution in [0.4, 0.5) is 5.82 Å². The number of anilines is 1. The molecule has 2 rings (SSSR count). The van der Waals surface area contributed by atoms with Gasteiger partial charge in [-0.15, -0.1) is 0 Å². The Morgan fingerprint density at radius 1 is 1.44 bits per heavy atom. The van der Waals surface area contributed by atoms with Crippen LogP contribution in [-0.2, 0) is 0 Å². The predicted molar refractivity (Wildman–Crippen MR) is 72.0 cm³/mol. The molecule has 1 aliphatic heterocycles. The zero-order chi connectivity index (χ0) is 13.1. The highest BCUT2D eigenvalue weighted by atomic mass is 16.5. The molecule has 2 unspecified atom stereocenters. The number of aryl methyl sites for hydroxylation is 1. The van der Waals surface area contributed by atoms with E-state index in [0.29, 0.717) is 24.5 Å². The monoisotopic (exact) mass is 250 g/mol. The maximum Gasteiger partial charge on any atom is 0.218 e. The molecule has 0 saturated carbocycles. The van der Waals surface area contributed by atoms with Gasteiger partial charge in [0.25, 0.3) is 0 Å². The Labute approximate surface area is 108 Å². The molecule has 2 N–H and O–H groups in total. The summed E-state index contributed by atoms with van der Waals surface area (Å²) in [6, 6.07) is 2.73. The summed E-state index contributed by atoms with van der Waals surface area (Å²) in [6.07, 6.45) is 3.55. The van der Waals surface area contributed by atoms with Gasteiger partial charge in [0.15, 0.2) is 0 Å². The highest BCUT2D eigenvalue weighted by molar-refractivity contribution is 5.44. The van der Waals surface area contributed by atoms with Gasteiger partial charge in [0.05, 0.1) is 7.11 Å². The normalized spacial score (nSPS) is 24.1. The van der Waals surface area contributed by atoms with Gasteiger partial charge in [0.2, 0.25) is 5.88 Å². The summed E-state index contributed by atoms with van der Waals surface area (Å²) >= 11 is 0. The van der Waals surface area contributed by atoms with Gasteiger partial charge in [0, 0.05) is 24.7 Å². The maximum absolute atomic E-state index is 5.89. The average Bonchev–Trinajstić information content (AvgIpc) is 2.37. The summed E-state index contributed by atoms with van der Waals surface area (Å²) in [6.45, 7) is 4.78. The third kappa shape index (κ3) is 2.56. The van der Waals surface area contributed by atoms with Crippen LogP contribution in [0, 0.1) is 6.92 Å². The number of nitrogens with two attached hydrogens (primary N) is 1. The van der Waals surface area contributed by atoms with Gasteiger partial charge < -0.3 is 15.4 Å². The molecule has 0 radical (unpaired) electrons. The second-order valence-corrected chi connectivity index (χ2v) is 4.89. The van der Waals surface area contributed by atoms with Crippen molar-refractivity contribution < 1.29 is 4.74 Å². The SMILES string of the molecule is COc1cc(N2C(C)CCCC2CN)nc(C)n1. The summed E-state index contributed by atoms with van der Waals surface area (Å²) < 4.78 is 5.22. The van der Waals surface area contributed by atoms with Gasteiger partial charge in [0.1, 0.15) is 11.6 Å². The lowest BCUT2D eigenvalue weighted by Crippen LogP contribution is -2.49. The summed E-state index contributed by atoms with van der Waals surface area (Å²) in [4.78, 5) is 11.1. The first-order valence-corrected chi connectivity index (χ1v) is 6.53. The molecule has 0 aliphatic carbocycles. The number of aromatic nitrogens is 2. The number of piperidine rings is 1. The van der Waals surface area contributed by atoms with E-state index < -0.39 is 0 Å². The van der Waals surface area contributed by atoms with Crippen LogP contribution in [0.3, 0.4) is 0 Å². The molecule has 1 aromatic heterocycles. The Morgan fingerprint density at radius 2 is 2.22 bits per heavy atom. The summed E-state index contributed by atoms with van der Waals surface area (Å²) in [7, 11) is 1.63. The van der Waals surface area contributed by atoms with E-state index in [0.717, 1.165) is 18.1 Å². The molecule has 1 aromatic rings. The van der Waals surface area contributed by atoms with Crippen molar-refractivity contribution in [1.29, 1.82) is 0 Å². The molecular formula is C13H22N4O. The first kappa shape index (κ1) is 13.1. The lowest BCUT2D eigenvalue weighted by molar-refractivity contribution is 0.385. The molecule has 0 aromatic carbocycles. The average molecular weight is 250 g/mol. The van der Waals surface area contributed by atoms with Crippen LogP contribution in [-0.4, -0.2) is 35.7 Å². The number of hydrogen-bond donors (Lipinski definition) is 1. The Kier molecular flexibility index (Phi) is 4.01. The van der Waals surface area contributed by atoms with Crippen LogP contribution in [0.15, 0.2) is 6.07 Å². The molecular weight excluding hydrogens is 228 g/mol. The van der Waals surface area contributed by atoms with Crippen molar-refractivity contribution in [2.24, 2.45) is 5.73 Å². The first-order chi connectivity index (χ1) is 8.65. The Hall–Kier alpha value is -1.36. The van der Waals surface area contributed by atoms with Gasteiger partial charge in [-0.05, 0) is 33.1 Å². The van der Waals surface area contributed by atoms with Gasteiger partial charge in [-0.3, -0.25) is 0 Å². The van der Waals surface area contributed by atoms with Gasteiger partial charge >= 0.3 is 0 Å². The minimum absolute atomic E-state index is 0.368. The van der Waals surface area contributed by atoms with E-state index in [1.165, 1.54) is 12.8 Å². The Balaban J connectivity index is 2.34. The van der Waals surface area contributed by atoms with Gasteiger partial charge in [-0.1, -0.05) is 0 Å². The largest absolute Gasteiger partial charge is 0.481 e. The molecule has 2 heterocycles. The van der Waals surface area contributed by atoms with Crippen LogP contribution in [0.2, 0.25) is 0 Å². The zero-order valence-corrected chi connectivity index (χ0v) is 11.4. The minimum atomic E-state index is 0.368. The third-order valence-electron chi connectivity index (χ3n) is 3.57.